The molecule has 0 unspecified atom stereocenters. The van der Waals surface area contributed by atoms with Crippen molar-refractivity contribution in [2.75, 3.05) is 0 Å². The molecular formula is C17H10BrF2NO. The van der Waals surface area contributed by atoms with Crippen LogP contribution < -0.4 is 0 Å². The van der Waals surface area contributed by atoms with Crippen molar-refractivity contribution in [3.05, 3.63) is 77.8 Å². The molecule has 0 spiro atoms. The predicted molar refractivity (Wildman–Crippen MR) is 85.1 cm³/mol. The third kappa shape index (κ3) is 3.31. The summed E-state index contributed by atoms with van der Waals surface area (Å²) in [6.45, 7) is 0. The van der Waals surface area contributed by atoms with Crippen LogP contribution in [0.2, 0.25) is 0 Å². The molecule has 0 amide bonds. The van der Waals surface area contributed by atoms with Gasteiger partial charge in [0.2, 0.25) is 5.89 Å². The van der Waals surface area contributed by atoms with E-state index in [1.807, 2.05) is 0 Å². The highest BCUT2D eigenvalue weighted by Gasteiger charge is 2.09. The number of hydrogen-bond acceptors (Lipinski definition) is 2. The number of rotatable bonds is 3. The Bertz CT molecular complexity index is 807. The number of halogens is 3. The van der Waals surface area contributed by atoms with E-state index >= 15 is 0 Å². The summed E-state index contributed by atoms with van der Waals surface area (Å²) in [5, 5.41) is 0. The monoisotopic (exact) mass is 361 g/mol. The smallest absolute Gasteiger partial charge is 0.233 e. The summed E-state index contributed by atoms with van der Waals surface area (Å²) in [6.07, 6.45) is 3.35. The fraction of sp³-hybridized carbons (Fsp3) is 0. The van der Waals surface area contributed by atoms with Crippen LogP contribution in [0.5, 0.6) is 0 Å². The van der Waals surface area contributed by atoms with E-state index in [1.54, 1.807) is 36.5 Å². The lowest BCUT2D eigenvalue weighted by Crippen LogP contribution is -1.78. The molecular weight excluding hydrogens is 352 g/mol. The molecule has 0 saturated carbocycles. The third-order valence-corrected chi connectivity index (χ3v) is 3.57. The maximum absolute atomic E-state index is 12.9. The van der Waals surface area contributed by atoms with Crippen LogP contribution in [0.25, 0.3) is 21.9 Å². The molecule has 0 radical (unpaired) electrons. The van der Waals surface area contributed by atoms with E-state index in [9.17, 15) is 8.78 Å². The zero-order valence-corrected chi connectivity index (χ0v) is 12.8. The second kappa shape index (κ2) is 6.23. The molecule has 3 rings (SSSR count). The van der Waals surface area contributed by atoms with Crippen molar-refractivity contribution in [1.29, 1.82) is 0 Å². The highest BCUT2D eigenvalue weighted by molar-refractivity contribution is 9.15. The first-order chi connectivity index (χ1) is 10.6. The molecule has 0 aliphatic rings. The van der Waals surface area contributed by atoms with Gasteiger partial charge in [-0.25, -0.2) is 13.8 Å². The maximum Gasteiger partial charge on any atom is 0.233 e. The Balaban J connectivity index is 1.86. The second-order valence-electron chi connectivity index (χ2n) is 4.58. The molecule has 0 bridgehead atoms. The molecule has 5 heteroatoms. The molecule has 2 aromatic carbocycles. The van der Waals surface area contributed by atoms with Crippen molar-refractivity contribution in [1.82, 2.24) is 4.98 Å². The van der Waals surface area contributed by atoms with Crippen LogP contribution in [0.1, 0.15) is 11.5 Å². The molecule has 0 N–H and O–H groups in total. The van der Waals surface area contributed by atoms with E-state index in [0.29, 0.717) is 16.1 Å². The van der Waals surface area contributed by atoms with Crippen molar-refractivity contribution in [2.45, 2.75) is 0 Å². The fourth-order valence-corrected chi connectivity index (χ4v) is 2.35. The van der Waals surface area contributed by atoms with Gasteiger partial charge < -0.3 is 4.42 Å². The summed E-state index contributed by atoms with van der Waals surface area (Å²) in [6, 6.07) is 12.0. The number of oxazole rings is 1. The van der Waals surface area contributed by atoms with Crippen LogP contribution in [0.3, 0.4) is 0 Å². The lowest BCUT2D eigenvalue weighted by molar-refractivity contribution is 0.559. The predicted octanol–water partition coefficient (Wildman–Crippen LogP) is 5.51. The Morgan fingerprint density at radius 2 is 1.55 bits per heavy atom. The van der Waals surface area contributed by atoms with Crippen molar-refractivity contribution in [2.24, 2.45) is 0 Å². The van der Waals surface area contributed by atoms with Gasteiger partial charge in [-0.15, -0.1) is 0 Å². The number of nitrogens with zero attached hydrogens (tertiary/aromatic N) is 1. The molecule has 0 aliphatic carbocycles. The van der Waals surface area contributed by atoms with Crippen LogP contribution in [0.4, 0.5) is 8.78 Å². The second-order valence-corrected chi connectivity index (χ2v) is 5.43. The Morgan fingerprint density at radius 1 is 0.955 bits per heavy atom. The summed E-state index contributed by atoms with van der Waals surface area (Å²) < 4.78 is 32.1. The Morgan fingerprint density at radius 3 is 2.18 bits per heavy atom. The quantitative estimate of drug-likeness (QED) is 0.614. The Hall–Kier alpha value is -2.27. The van der Waals surface area contributed by atoms with Gasteiger partial charge in [-0.1, -0.05) is 12.1 Å². The maximum atomic E-state index is 12.9. The van der Waals surface area contributed by atoms with Gasteiger partial charge in [0.1, 0.15) is 11.6 Å². The molecule has 0 saturated heterocycles. The molecule has 1 heterocycles. The largest absolute Gasteiger partial charge is 0.436 e. The first-order valence-corrected chi connectivity index (χ1v) is 7.26. The van der Waals surface area contributed by atoms with Crippen molar-refractivity contribution in [3.8, 4) is 11.3 Å². The Kier molecular flexibility index (Phi) is 4.15. The average molecular weight is 362 g/mol. The number of hydrogen-bond donors (Lipinski definition) is 0. The van der Waals surface area contributed by atoms with Gasteiger partial charge in [-0.05, 0) is 64.0 Å². The van der Waals surface area contributed by atoms with E-state index < -0.39 is 0 Å². The molecule has 0 fully saturated rings. The van der Waals surface area contributed by atoms with Crippen molar-refractivity contribution >= 4 is 26.5 Å². The minimum Gasteiger partial charge on any atom is -0.436 e. The molecule has 1 aromatic heterocycles. The topological polar surface area (TPSA) is 26.0 Å². The number of aromatic nitrogens is 1. The van der Waals surface area contributed by atoms with E-state index in [4.69, 9.17) is 4.42 Å². The zero-order valence-electron chi connectivity index (χ0n) is 11.3. The Labute approximate surface area is 134 Å². The summed E-state index contributed by atoms with van der Waals surface area (Å²) in [5.41, 5.74) is 1.55. The standard InChI is InChI=1S/C17H10BrF2NO/c18-15(9-11-1-5-13(19)6-2-11)17-21-10-16(22-17)12-3-7-14(20)8-4-12/h1-10H/b15-9-. The van der Waals surface area contributed by atoms with Gasteiger partial charge in [-0.2, -0.15) is 0 Å². The van der Waals surface area contributed by atoms with Gasteiger partial charge >= 0.3 is 0 Å². The molecule has 3 aromatic rings. The minimum atomic E-state index is -0.305. The zero-order chi connectivity index (χ0) is 15.5. The first kappa shape index (κ1) is 14.7. The van der Waals surface area contributed by atoms with Gasteiger partial charge in [0.05, 0.1) is 10.7 Å². The summed E-state index contributed by atoms with van der Waals surface area (Å²) in [4.78, 5) is 4.18. The molecule has 0 aliphatic heterocycles. The normalized spacial score (nSPS) is 11.7. The summed E-state index contributed by atoms with van der Waals surface area (Å²) in [5.74, 6) is 0.340. The lowest BCUT2D eigenvalue weighted by atomic mass is 10.2. The van der Waals surface area contributed by atoms with E-state index in [-0.39, 0.29) is 11.6 Å². The molecule has 110 valence electrons. The minimum absolute atomic E-state index is 0.289. The SMILES string of the molecule is Fc1ccc(/C=C(\Br)c2ncc(-c3ccc(F)cc3)o2)cc1. The molecule has 0 atom stereocenters. The van der Waals surface area contributed by atoms with Gasteiger partial charge in [0.25, 0.3) is 0 Å². The average Bonchev–Trinajstić information content (AvgIpc) is 3.00. The highest BCUT2D eigenvalue weighted by atomic mass is 79.9. The molecule has 2 nitrogen and oxygen atoms in total. The van der Waals surface area contributed by atoms with Crippen LogP contribution in [0.15, 0.2) is 59.1 Å². The first-order valence-electron chi connectivity index (χ1n) is 6.47. The summed E-state index contributed by atoms with van der Waals surface area (Å²) in [7, 11) is 0. The van der Waals surface area contributed by atoms with Crippen LogP contribution in [0, 0.1) is 11.6 Å². The van der Waals surface area contributed by atoms with E-state index in [2.05, 4.69) is 20.9 Å². The highest BCUT2D eigenvalue weighted by Crippen LogP contribution is 2.28. The van der Waals surface area contributed by atoms with Crippen LogP contribution in [-0.4, -0.2) is 4.98 Å². The van der Waals surface area contributed by atoms with Gasteiger partial charge in [0, 0.05) is 5.56 Å². The van der Waals surface area contributed by atoms with E-state index in [1.165, 1.54) is 24.3 Å². The van der Waals surface area contributed by atoms with E-state index in [0.717, 1.165) is 11.1 Å². The van der Waals surface area contributed by atoms with Crippen molar-refractivity contribution in [3.63, 3.8) is 0 Å². The van der Waals surface area contributed by atoms with Crippen LogP contribution in [-0.2, 0) is 0 Å². The fourth-order valence-electron chi connectivity index (χ4n) is 1.90. The number of benzene rings is 2. The molecule has 22 heavy (non-hydrogen) atoms. The summed E-state index contributed by atoms with van der Waals surface area (Å²) >= 11 is 3.39. The van der Waals surface area contributed by atoms with Gasteiger partial charge in [0.15, 0.2) is 5.76 Å². The van der Waals surface area contributed by atoms with Gasteiger partial charge in [-0.3, -0.25) is 0 Å². The third-order valence-electron chi connectivity index (χ3n) is 3.00. The lowest BCUT2D eigenvalue weighted by Gasteiger charge is -1.97. The van der Waals surface area contributed by atoms with Crippen molar-refractivity contribution < 1.29 is 13.2 Å². The van der Waals surface area contributed by atoms with Crippen LogP contribution >= 0.6 is 15.9 Å².